The molecule has 1 saturated carbocycles. The van der Waals surface area contributed by atoms with E-state index in [1.165, 1.54) is 13.5 Å². The molecule has 12 heavy (non-hydrogen) atoms. The van der Waals surface area contributed by atoms with Crippen LogP contribution in [0.3, 0.4) is 0 Å². The average Bonchev–Trinajstić information content (AvgIpc) is 2.17. The molecule has 0 aliphatic heterocycles. The highest BCUT2D eigenvalue weighted by Crippen LogP contribution is 2.21. The van der Waals surface area contributed by atoms with Crippen LogP contribution < -0.4 is 0 Å². The Hall–Kier alpha value is -0.770. The van der Waals surface area contributed by atoms with Gasteiger partial charge < -0.3 is 4.74 Å². The molecule has 4 heteroatoms. The lowest BCUT2D eigenvalue weighted by Crippen LogP contribution is -2.38. The van der Waals surface area contributed by atoms with E-state index in [1.54, 1.807) is 0 Å². The van der Waals surface area contributed by atoms with Gasteiger partial charge in [0.25, 0.3) is 0 Å². The Morgan fingerprint density at radius 1 is 1.42 bits per heavy atom. The molecule has 1 aliphatic rings. The Bertz CT molecular complexity index is 154. The Labute approximate surface area is 72.1 Å². The van der Waals surface area contributed by atoms with Gasteiger partial charge in [0.15, 0.2) is 0 Å². The molecule has 0 atom stereocenters. The maximum Gasteiger partial charge on any atom is 0.433 e. The molecule has 1 fully saturated rings. The van der Waals surface area contributed by atoms with Crippen LogP contribution >= 0.6 is 0 Å². The zero-order valence-corrected chi connectivity index (χ0v) is 7.32. The zero-order chi connectivity index (χ0) is 8.97. The fourth-order valence-electron chi connectivity index (χ4n) is 1.57. The zero-order valence-electron chi connectivity index (χ0n) is 7.32. The van der Waals surface area contributed by atoms with Crippen molar-refractivity contribution in [3.05, 3.63) is 0 Å². The summed E-state index contributed by atoms with van der Waals surface area (Å²) in [4.78, 5) is 10.9. The van der Waals surface area contributed by atoms with Crippen LogP contribution in [0, 0.1) is 0 Å². The minimum absolute atomic E-state index is 0.0359. The van der Waals surface area contributed by atoms with E-state index in [2.05, 4.69) is 4.74 Å². The van der Waals surface area contributed by atoms with Crippen molar-refractivity contribution in [2.24, 2.45) is 0 Å². The minimum Gasteiger partial charge on any atom is -0.451 e. The van der Waals surface area contributed by atoms with Gasteiger partial charge in [-0.05, 0) is 12.8 Å². The molecule has 70 valence electrons. The first kappa shape index (κ1) is 9.32. The van der Waals surface area contributed by atoms with E-state index in [0.29, 0.717) is 0 Å². The number of nitrogens with zero attached hydrogens (tertiary/aromatic N) is 1. The summed E-state index contributed by atoms with van der Waals surface area (Å²) in [6.07, 6.45) is 4.47. The fourth-order valence-corrected chi connectivity index (χ4v) is 1.57. The summed E-state index contributed by atoms with van der Waals surface area (Å²) in [6, 6.07) is -0.0359. The number of hydrogen-bond donors (Lipinski definition) is 1. The molecule has 0 aromatic heterocycles. The number of hydroxylamine groups is 2. The number of carbonyl (C=O) groups excluding carboxylic acids is 1. The van der Waals surface area contributed by atoms with Crippen molar-refractivity contribution in [1.29, 1.82) is 0 Å². The van der Waals surface area contributed by atoms with Crippen molar-refractivity contribution < 1.29 is 14.7 Å². The summed E-state index contributed by atoms with van der Waals surface area (Å²) in [5.41, 5.74) is 0. The highest BCUT2D eigenvalue weighted by Gasteiger charge is 2.24. The minimum atomic E-state index is -0.651. The van der Waals surface area contributed by atoms with E-state index >= 15 is 0 Å². The Morgan fingerprint density at radius 2 is 2.00 bits per heavy atom. The van der Waals surface area contributed by atoms with E-state index < -0.39 is 6.09 Å². The SMILES string of the molecule is COC(=O)N(O)C1CCCCC1. The predicted molar refractivity (Wildman–Crippen MR) is 42.9 cm³/mol. The first-order valence-corrected chi connectivity index (χ1v) is 4.31. The van der Waals surface area contributed by atoms with Crippen LogP contribution in [-0.4, -0.2) is 29.5 Å². The lowest BCUT2D eigenvalue weighted by molar-refractivity contribution is -0.108. The maximum absolute atomic E-state index is 10.9. The van der Waals surface area contributed by atoms with Crippen LogP contribution in [0.1, 0.15) is 32.1 Å². The van der Waals surface area contributed by atoms with Gasteiger partial charge in [-0.3, -0.25) is 5.21 Å². The number of methoxy groups -OCH3 is 1. The molecule has 4 nitrogen and oxygen atoms in total. The average molecular weight is 173 g/mol. The van der Waals surface area contributed by atoms with Crippen molar-refractivity contribution in [2.45, 2.75) is 38.1 Å². The van der Waals surface area contributed by atoms with Crippen LogP contribution in [0.4, 0.5) is 4.79 Å². The van der Waals surface area contributed by atoms with Gasteiger partial charge in [-0.2, -0.15) is 5.06 Å². The third kappa shape index (κ3) is 2.11. The quantitative estimate of drug-likeness (QED) is 0.485. The molecule has 0 spiro atoms. The predicted octanol–water partition coefficient (Wildman–Crippen LogP) is 1.78. The van der Waals surface area contributed by atoms with Crippen molar-refractivity contribution in [3.8, 4) is 0 Å². The van der Waals surface area contributed by atoms with E-state index in [4.69, 9.17) is 0 Å². The van der Waals surface area contributed by atoms with Crippen LogP contribution in [0.15, 0.2) is 0 Å². The number of carbonyl (C=O) groups is 1. The van der Waals surface area contributed by atoms with Gasteiger partial charge in [-0.15, -0.1) is 0 Å². The number of amides is 1. The molecule has 1 amide bonds. The van der Waals surface area contributed by atoms with Crippen molar-refractivity contribution in [3.63, 3.8) is 0 Å². The van der Waals surface area contributed by atoms with Gasteiger partial charge >= 0.3 is 6.09 Å². The highest BCUT2D eigenvalue weighted by atomic mass is 16.6. The molecule has 0 aromatic carbocycles. The Balaban J connectivity index is 2.39. The summed E-state index contributed by atoms with van der Waals surface area (Å²) in [5, 5.41) is 10.0. The second kappa shape index (κ2) is 4.30. The van der Waals surface area contributed by atoms with E-state index in [1.807, 2.05) is 0 Å². The molecule has 0 heterocycles. The smallest absolute Gasteiger partial charge is 0.433 e. The van der Waals surface area contributed by atoms with Crippen molar-refractivity contribution >= 4 is 6.09 Å². The summed E-state index contributed by atoms with van der Waals surface area (Å²) < 4.78 is 4.40. The second-order valence-corrected chi connectivity index (χ2v) is 3.11. The van der Waals surface area contributed by atoms with Crippen LogP contribution in [0.5, 0.6) is 0 Å². The number of ether oxygens (including phenoxy) is 1. The van der Waals surface area contributed by atoms with Crippen molar-refractivity contribution in [1.82, 2.24) is 5.06 Å². The summed E-state index contributed by atoms with van der Waals surface area (Å²) in [6.45, 7) is 0. The highest BCUT2D eigenvalue weighted by molar-refractivity contribution is 5.66. The molecular weight excluding hydrogens is 158 g/mol. The first-order chi connectivity index (χ1) is 5.75. The molecular formula is C8H15NO3. The summed E-state index contributed by atoms with van der Waals surface area (Å²) in [5.74, 6) is 0. The molecule has 0 aromatic rings. The van der Waals surface area contributed by atoms with Crippen molar-refractivity contribution in [2.75, 3.05) is 7.11 Å². The standard InChI is InChI=1S/C8H15NO3/c1-12-8(10)9(11)7-5-3-2-4-6-7/h7,11H,2-6H2,1H3. The van der Waals surface area contributed by atoms with Gasteiger partial charge in [0.2, 0.25) is 0 Å². The molecule has 1 aliphatic carbocycles. The lowest BCUT2D eigenvalue weighted by atomic mass is 9.95. The molecule has 1 rings (SSSR count). The summed E-state index contributed by atoms with van der Waals surface area (Å²) >= 11 is 0. The van der Waals surface area contributed by atoms with Crippen LogP contribution in [-0.2, 0) is 4.74 Å². The number of rotatable bonds is 1. The first-order valence-electron chi connectivity index (χ1n) is 4.31. The lowest BCUT2D eigenvalue weighted by Gasteiger charge is -2.27. The van der Waals surface area contributed by atoms with Gasteiger partial charge in [0, 0.05) is 0 Å². The molecule has 0 radical (unpaired) electrons. The van der Waals surface area contributed by atoms with Gasteiger partial charge in [-0.25, -0.2) is 4.79 Å². The fraction of sp³-hybridized carbons (Fsp3) is 0.875. The molecule has 1 N–H and O–H groups in total. The van der Waals surface area contributed by atoms with E-state index in [9.17, 15) is 10.0 Å². The largest absolute Gasteiger partial charge is 0.451 e. The topological polar surface area (TPSA) is 49.8 Å². The van der Waals surface area contributed by atoms with Crippen LogP contribution in [0.25, 0.3) is 0 Å². The molecule has 0 saturated heterocycles. The third-order valence-corrected chi connectivity index (χ3v) is 2.28. The normalized spacial score (nSPS) is 18.8. The van der Waals surface area contributed by atoms with E-state index in [0.717, 1.165) is 30.7 Å². The van der Waals surface area contributed by atoms with E-state index in [-0.39, 0.29) is 6.04 Å². The molecule has 0 unspecified atom stereocenters. The summed E-state index contributed by atoms with van der Waals surface area (Å²) in [7, 11) is 1.27. The Morgan fingerprint density at radius 3 is 2.50 bits per heavy atom. The third-order valence-electron chi connectivity index (χ3n) is 2.28. The number of hydrogen-bond acceptors (Lipinski definition) is 3. The maximum atomic E-state index is 10.9. The van der Waals surface area contributed by atoms with Crippen LogP contribution in [0.2, 0.25) is 0 Å². The van der Waals surface area contributed by atoms with Gasteiger partial charge in [0.1, 0.15) is 0 Å². The second-order valence-electron chi connectivity index (χ2n) is 3.11. The Kier molecular flexibility index (Phi) is 3.34. The van der Waals surface area contributed by atoms with Gasteiger partial charge in [0.05, 0.1) is 13.2 Å². The monoisotopic (exact) mass is 173 g/mol. The molecule has 0 bridgehead atoms. The van der Waals surface area contributed by atoms with Gasteiger partial charge in [-0.1, -0.05) is 19.3 Å².